The molecule has 1 amide bonds. The number of hydrogen-bond donors (Lipinski definition) is 2. The predicted octanol–water partition coefficient (Wildman–Crippen LogP) is 1.61. The van der Waals surface area contributed by atoms with Crippen molar-refractivity contribution in [2.75, 3.05) is 26.2 Å². The Hall–Kier alpha value is -0.610. The van der Waals surface area contributed by atoms with Gasteiger partial charge >= 0.3 is 0 Å². The van der Waals surface area contributed by atoms with E-state index in [4.69, 9.17) is 0 Å². The molecule has 2 rings (SSSR count). The van der Waals surface area contributed by atoms with E-state index in [-0.39, 0.29) is 5.91 Å². The Morgan fingerprint density at radius 2 is 2.10 bits per heavy atom. The lowest BCUT2D eigenvalue weighted by Gasteiger charge is -2.36. The van der Waals surface area contributed by atoms with Crippen LogP contribution in [0.4, 0.5) is 0 Å². The van der Waals surface area contributed by atoms with Gasteiger partial charge in [-0.3, -0.25) is 9.69 Å². The maximum atomic E-state index is 12.2. The summed E-state index contributed by atoms with van der Waals surface area (Å²) in [5, 5.41) is 6.63. The summed E-state index contributed by atoms with van der Waals surface area (Å²) in [6.07, 6.45) is 4.82. The lowest BCUT2D eigenvalue weighted by atomic mass is 9.92. The highest BCUT2D eigenvalue weighted by atomic mass is 16.2. The van der Waals surface area contributed by atoms with E-state index in [0.717, 1.165) is 32.0 Å². The summed E-state index contributed by atoms with van der Waals surface area (Å²) >= 11 is 0. The number of likely N-dealkylation sites (tertiary alicyclic amines) is 1. The molecule has 20 heavy (non-hydrogen) atoms. The molecule has 3 atom stereocenters. The molecule has 116 valence electrons. The van der Waals surface area contributed by atoms with Crippen molar-refractivity contribution in [1.29, 1.82) is 0 Å². The molecule has 3 unspecified atom stereocenters. The van der Waals surface area contributed by atoms with Gasteiger partial charge < -0.3 is 10.6 Å². The van der Waals surface area contributed by atoms with Crippen LogP contribution in [0.1, 0.15) is 46.5 Å². The molecule has 2 fully saturated rings. The van der Waals surface area contributed by atoms with E-state index in [1.807, 2.05) is 0 Å². The van der Waals surface area contributed by atoms with Crippen molar-refractivity contribution < 1.29 is 4.79 Å². The van der Waals surface area contributed by atoms with Crippen molar-refractivity contribution in [1.82, 2.24) is 15.5 Å². The highest BCUT2D eigenvalue weighted by molar-refractivity contribution is 5.78. The number of carbonyl (C=O) groups is 1. The Morgan fingerprint density at radius 1 is 1.30 bits per heavy atom. The first-order valence-corrected chi connectivity index (χ1v) is 8.30. The van der Waals surface area contributed by atoms with Crippen LogP contribution in [0.15, 0.2) is 0 Å². The number of carbonyl (C=O) groups excluding carboxylic acids is 1. The second kappa shape index (κ2) is 7.41. The lowest BCUT2D eigenvalue weighted by Crippen LogP contribution is -2.50. The van der Waals surface area contributed by atoms with Crippen LogP contribution in [0.2, 0.25) is 0 Å². The van der Waals surface area contributed by atoms with Crippen molar-refractivity contribution in [3.05, 3.63) is 0 Å². The molecule has 0 aromatic carbocycles. The van der Waals surface area contributed by atoms with E-state index < -0.39 is 0 Å². The minimum Gasteiger partial charge on any atom is -0.353 e. The van der Waals surface area contributed by atoms with Crippen LogP contribution in [0.5, 0.6) is 0 Å². The Morgan fingerprint density at radius 3 is 2.85 bits per heavy atom. The highest BCUT2D eigenvalue weighted by Gasteiger charge is 2.35. The first-order valence-electron chi connectivity index (χ1n) is 8.30. The third-order valence-corrected chi connectivity index (χ3v) is 4.72. The Kier molecular flexibility index (Phi) is 5.85. The topological polar surface area (TPSA) is 44.4 Å². The molecular formula is C16H31N3O. The first kappa shape index (κ1) is 15.8. The second-order valence-electron chi connectivity index (χ2n) is 7.04. The molecular weight excluding hydrogens is 250 g/mol. The highest BCUT2D eigenvalue weighted by Crippen LogP contribution is 2.25. The molecule has 2 saturated heterocycles. The summed E-state index contributed by atoms with van der Waals surface area (Å²) in [7, 11) is 0. The Labute approximate surface area is 123 Å². The first-order chi connectivity index (χ1) is 9.56. The zero-order chi connectivity index (χ0) is 14.5. The fourth-order valence-electron chi connectivity index (χ4n) is 3.52. The summed E-state index contributed by atoms with van der Waals surface area (Å²) in [5.74, 6) is 1.67. The summed E-state index contributed by atoms with van der Waals surface area (Å²) < 4.78 is 0. The van der Waals surface area contributed by atoms with Crippen LogP contribution in [0.3, 0.4) is 0 Å². The van der Waals surface area contributed by atoms with Crippen LogP contribution < -0.4 is 10.6 Å². The molecule has 4 nitrogen and oxygen atoms in total. The average Bonchev–Trinajstić information content (AvgIpc) is 2.85. The number of nitrogens with one attached hydrogen (secondary N) is 2. The van der Waals surface area contributed by atoms with Gasteiger partial charge in [0.25, 0.3) is 0 Å². The van der Waals surface area contributed by atoms with Gasteiger partial charge in [0.15, 0.2) is 0 Å². The maximum absolute atomic E-state index is 12.2. The number of amides is 1. The number of rotatable bonds is 6. The molecule has 2 aliphatic heterocycles. The molecule has 2 N–H and O–H groups in total. The van der Waals surface area contributed by atoms with Gasteiger partial charge in [0.2, 0.25) is 5.91 Å². The largest absolute Gasteiger partial charge is 0.353 e. The second-order valence-corrected chi connectivity index (χ2v) is 7.04. The fourth-order valence-corrected chi connectivity index (χ4v) is 3.52. The minimum absolute atomic E-state index is 0.203. The molecule has 0 bridgehead atoms. The van der Waals surface area contributed by atoms with Gasteiger partial charge in [0.05, 0.1) is 6.54 Å². The van der Waals surface area contributed by atoms with E-state index in [9.17, 15) is 4.79 Å². The van der Waals surface area contributed by atoms with E-state index in [2.05, 4.69) is 36.3 Å². The van der Waals surface area contributed by atoms with Gasteiger partial charge in [-0.25, -0.2) is 0 Å². The quantitative estimate of drug-likeness (QED) is 0.777. The summed E-state index contributed by atoms with van der Waals surface area (Å²) in [5.41, 5.74) is 0. The molecule has 2 heterocycles. The SMILES string of the molecule is CC(C)CCC(C)NC(=O)CN1CCCC2CNCC21. The van der Waals surface area contributed by atoms with Crippen molar-refractivity contribution in [2.45, 2.75) is 58.5 Å². The standard InChI is InChI=1S/C16H31N3O/c1-12(2)6-7-13(3)18-16(20)11-19-8-4-5-14-9-17-10-15(14)19/h12-15,17H,4-11H2,1-3H3,(H,18,20). The summed E-state index contributed by atoms with van der Waals surface area (Å²) in [4.78, 5) is 14.6. The van der Waals surface area contributed by atoms with E-state index in [1.54, 1.807) is 0 Å². The van der Waals surface area contributed by atoms with Gasteiger partial charge in [-0.2, -0.15) is 0 Å². The molecule has 0 saturated carbocycles. The van der Waals surface area contributed by atoms with Crippen LogP contribution >= 0.6 is 0 Å². The Bertz CT molecular complexity index is 319. The Balaban J connectivity index is 1.73. The van der Waals surface area contributed by atoms with Gasteiger partial charge in [0, 0.05) is 18.6 Å². The lowest BCUT2D eigenvalue weighted by molar-refractivity contribution is -0.124. The average molecular weight is 281 g/mol. The fraction of sp³-hybridized carbons (Fsp3) is 0.938. The van der Waals surface area contributed by atoms with Crippen LogP contribution in [0, 0.1) is 11.8 Å². The third kappa shape index (κ3) is 4.45. The van der Waals surface area contributed by atoms with Gasteiger partial charge in [-0.05, 0) is 57.5 Å². The van der Waals surface area contributed by atoms with Crippen molar-refractivity contribution in [3.8, 4) is 0 Å². The molecule has 0 aromatic rings. The molecule has 0 radical (unpaired) electrons. The van der Waals surface area contributed by atoms with Crippen LogP contribution in [-0.4, -0.2) is 49.1 Å². The van der Waals surface area contributed by atoms with Crippen molar-refractivity contribution in [2.24, 2.45) is 11.8 Å². The zero-order valence-corrected chi connectivity index (χ0v) is 13.3. The van der Waals surface area contributed by atoms with Gasteiger partial charge in [-0.1, -0.05) is 13.8 Å². The summed E-state index contributed by atoms with van der Waals surface area (Å²) in [6.45, 7) is 10.4. The maximum Gasteiger partial charge on any atom is 0.234 e. The number of hydrogen-bond acceptors (Lipinski definition) is 3. The number of fused-ring (bicyclic) bond motifs is 1. The van der Waals surface area contributed by atoms with E-state index in [1.165, 1.54) is 19.3 Å². The zero-order valence-electron chi connectivity index (χ0n) is 13.3. The third-order valence-electron chi connectivity index (χ3n) is 4.72. The minimum atomic E-state index is 0.203. The molecule has 0 aliphatic carbocycles. The number of nitrogens with zero attached hydrogens (tertiary/aromatic N) is 1. The van der Waals surface area contributed by atoms with Crippen LogP contribution in [0.25, 0.3) is 0 Å². The molecule has 4 heteroatoms. The van der Waals surface area contributed by atoms with Crippen molar-refractivity contribution in [3.63, 3.8) is 0 Å². The smallest absolute Gasteiger partial charge is 0.234 e. The van der Waals surface area contributed by atoms with Gasteiger partial charge in [-0.15, -0.1) is 0 Å². The predicted molar refractivity (Wildman–Crippen MR) is 82.6 cm³/mol. The van der Waals surface area contributed by atoms with E-state index in [0.29, 0.717) is 24.5 Å². The molecule has 0 aromatic heterocycles. The van der Waals surface area contributed by atoms with Crippen LogP contribution in [-0.2, 0) is 4.79 Å². The van der Waals surface area contributed by atoms with E-state index >= 15 is 0 Å². The van der Waals surface area contributed by atoms with Gasteiger partial charge in [0.1, 0.15) is 0 Å². The monoisotopic (exact) mass is 281 g/mol. The van der Waals surface area contributed by atoms with Crippen molar-refractivity contribution >= 4 is 5.91 Å². The number of piperidine rings is 1. The molecule has 0 spiro atoms. The summed E-state index contributed by atoms with van der Waals surface area (Å²) in [6, 6.07) is 0.882. The molecule has 2 aliphatic rings. The normalized spacial score (nSPS) is 28.4.